The van der Waals surface area contributed by atoms with E-state index in [0.29, 0.717) is 5.75 Å². The van der Waals surface area contributed by atoms with E-state index in [-0.39, 0.29) is 5.91 Å². The van der Waals surface area contributed by atoms with Crippen molar-refractivity contribution < 1.29 is 4.79 Å². The van der Waals surface area contributed by atoms with Gasteiger partial charge in [-0.25, -0.2) is 9.98 Å². The fourth-order valence-corrected chi connectivity index (χ4v) is 3.28. The monoisotopic (exact) mass is 319 g/mol. The number of carbonyl (C=O) groups excluding carboxylic acids is 1. The smallest absolute Gasteiger partial charge is 0.257 e. The fourth-order valence-electron chi connectivity index (χ4n) is 2.47. The van der Waals surface area contributed by atoms with E-state index in [9.17, 15) is 4.79 Å². The number of carbonyl (C=O) groups is 1. The molecule has 2 aromatic carbocycles. The second-order valence-corrected chi connectivity index (χ2v) is 6.13. The van der Waals surface area contributed by atoms with Crippen LogP contribution in [0.5, 0.6) is 0 Å². The zero-order valence-corrected chi connectivity index (χ0v) is 13.0. The molecule has 23 heavy (non-hydrogen) atoms. The number of thioether (sulfide) groups is 1. The molecule has 0 bridgehead atoms. The number of hydrogen-bond donors (Lipinski definition) is 1. The summed E-state index contributed by atoms with van der Waals surface area (Å²) in [5.74, 6) is 1.03. The number of aromatic amines is 1. The number of rotatable bonds is 3. The van der Waals surface area contributed by atoms with Crippen molar-refractivity contribution in [3.8, 4) is 0 Å². The number of para-hydroxylation sites is 2. The molecule has 4 rings (SSSR count). The van der Waals surface area contributed by atoms with Gasteiger partial charge in [0.15, 0.2) is 0 Å². The highest BCUT2D eigenvalue weighted by Crippen LogP contribution is 2.28. The molecule has 0 saturated carbocycles. The highest BCUT2D eigenvalue weighted by Gasteiger charge is 2.22. The molecule has 0 spiro atoms. The van der Waals surface area contributed by atoms with Gasteiger partial charge in [0, 0.05) is 0 Å². The maximum Gasteiger partial charge on any atom is 0.257 e. The number of fused-ring (bicyclic) bond motifs is 1. The number of imidazole rings is 1. The summed E-state index contributed by atoms with van der Waals surface area (Å²) in [5, 5.41) is 0.720. The van der Waals surface area contributed by atoms with Gasteiger partial charge in [0.05, 0.1) is 22.4 Å². The van der Waals surface area contributed by atoms with Gasteiger partial charge in [0.2, 0.25) is 0 Å². The first kappa shape index (κ1) is 14.0. The van der Waals surface area contributed by atoms with Crippen molar-refractivity contribution in [2.45, 2.75) is 0 Å². The number of hydrogen-bond acceptors (Lipinski definition) is 3. The van der Waals surface area contributed by atoms with E-state index in [0.717, 1.165) is 33.0 Å². The zero-order chi connectivity index (χ0) is 15.6. The number of nitrogens with zero attached hydrogens (tertiary/aromatic N) is 2. The Hall–Kier alpha value is -2.66. The number of benzene rings is 2. The van der Waals surface area contributed by atoms with Crippen LogP contribution in [0, 0.1) is 0 Å². The van der Waals surface area contributed by atoms with Gasteiger partial charge in [0.25, 0.3) is 5.91 Å². The third-order valence-corrected chi connectivity index (χ3v) is 4.52. The number of nitrogens with one attached hydrogen (secondary N) is 1. The molecule has 1 aromatic heterocycles. The average Bonchev–Trinajstić information content (AvgIpc) is 3.19. The maximum atomic E-state index is 11.5. The molecule has 0 fully saturated rings. The maximum absolute atomic E-state index is 11.5. The van der Waals surface area contributed by atoms with E-state index >= 15 is 0 Å². The third kappa shape index (κ3) is 2.83. The molecule has 1 aliphatic rings. The van der Waals surface area contributed by atoms with Gasteiger partial charge in [-0.15, -0.1) is 0 Å². The third-order valence-electron chi connectivity index (χ3n) is 3.54. The lowest BCUT2D eigenvalue weighted by molar-refractivity contribution is -0.115. The molecule has 112 valence electrons. The normalized spacial score (nSPS) is 15.2. The van der Waals surface area contributed by atoms with Crippen LogP contribution >= 0.6 is 11.8 Å². The summed E-state index contributed by atoms with van der Waals surface area (Å²) in [4.78, 5) is 23.7. The van der Waals surface area contributed by atoms with Crippen LogP contribution in [-0.2, 0) is 4.79 Å². The minimum absolute atomic E-state index is 0.0972. The molecule has 0 radical (unpaired) electrons. The van der Waals surface area contributed by atoms with E-state index in [2.05, 4.69) is 15.0 Å². The van der Waals surface area contributed by atoms with Crippen LogP contribution in [0.15, 0.2) is 59.6 Å². The lowest BCUT2D eigenvalue weighted by Gasteiger charge is -2.03. The molecule has 1 aliphatic heterocycles. The van der Waals surface area contributed by atoms with Gasteiger partial charge < -0.3 is 4.98 Å². The molecule has 0 aliphatic carbocycles. The first-order valence-electron chi connectivity index (χ1n) is 7.26. The van der Waals surface area contributed by atoms with Crippen molar-refractivity contribution in [2.75, 3.05) is 5.75 Å². The van der Waals surface area contributed by atoms with Gasteiger partial charge in [-0.05, 0) is 23.8 Å². The van der Waals surface area contributed by atoms with Gasteiger partial charge >= 0.3 is 0 Å². The topological polar surface area (TPSA) is 58.1 Å². The molecule has 1 N–H and O–H groups in total. The van der Waals surface area contributed by atoms with E-state index in [4.69, 9.17) is 0 Å². The molecular weight excluding hydrogens is 306 g/mol. The van der Waals surface area contributed by atoms with E-state index in [1.807, 2.05) is 60.7 Å². The van der Waals surface area contributed by atoms with Crippen LogP contribution in [0.4, 0.5) is 0 Å². The predicted octanol–water partition coefficient (Wildman–Crippen LogP) is 3.78. The van der Waals surface area contributed by atoms with Crippen molar-refractivity contribution >= 4 is 45.4 Å². The Morgan fingerprint density at radius 1 is 1.09 bits per heavy atom. The summed E-state index contributed by atoms with van der Waals surface area (Å²) in [5.41, 5.74) is 3.77. The fraction of sp³-hybridized carbons (Fsp3) is 0.0556. The van der Waals surface area contributed by atoms with E-state index in [1.54, 1.807) is 0 Å². The summed E-state index contributed by atoms with van der Waals surface area (Å²) < 4.78 is 0. The van der Waals surface area contributed by atoms with Crippen LogP contribution < -0.4 is 0 Å². The number of aromatic nitrogens is 2. The SMILES string of the molecule is O=C1CSC(/C(=C/c2ccccc2)c2nc3ccccc3[nH]2)=N1. The molecule has 3 aromatic rings. The highest BCUT2D eigenvalue weighted by molar-refractivity contribution is 8.16. The van der Waals surface area contributed by atoms with Crippen LogP contribution in [0.2, 0.25) is 0 Å². The Labute approximate surface area is 137 Å². The van der Waals surface area contributed by atoms with Gasteiger partial charge in [-0.2, -0.15) is 0 Å². The predicted molar refractivity (Wildman–Crippen MR) is 95.3 cm³/mol. The summed E-state index contributed by atoms with van der Waals surface area (Å²) >= 11 is 1.45. The average molecular weight is 319 g/mol. The van der Waals surface area contributed by atoms with Crippen molar-refractivity contribution in [1.29, 1.82) is 0 Å². The second-order valence-electron chi connectivity index (χ2n) is 5.17. The molecule has 5 heteroatoms. The number of amides is 1. The molecule has 1 amide bonds. The van der Waals surface area contributed by atoms with E-state index < -0.39 is 0 Å². The standard InChI is InChI=1S/C18H13N3OS/c22-16-11-23-18(21-16)13(10-12-6-2-1-3-7-12)17-19-14-8-4-5-9-15(14)20-17/h1-10H,11H2,(H,19,20)/b13-10+. The van der Waals surface area contributed by atoms with Crippen molar-refractivity contribution in [1.82, 2.24) is 9.97 Å². The van der Waals surface area contributed by atoms with Crippen LogP contribution in [0.3, 0.4) is 0 Å². The largest absolute Gasteiger partial charge is 0.338 e. The minimum Gasteiger partial charge on any atom is -0.338 e. The second kappa shape index (κ2) is 5.85. The molecule has 2 heterocycles. The Bertz CT molecular complexity index is 908. The molecule has 4 nitrogen and oxygen atoms in total. The molecular formula is C18H13N3OS. The summed E-state index contributed by atoms with van der Waals surface area (Å²) in [6.45, 7) is 0. The van der Waals surface area contributed by atoms with Crippen molar-refractivity contribution in [3.63, 3.8) is 0 Å². The van der Waals surface area contributed by atoms with Crippen LogP contribution in [0.1, 0.15) is 11.4 Å². The zero-order valence-electron chi connectivity index (χ0n) is 12.2. The lowest BCUT2D eigenvalue weighted by atomic mass is 10.1. The molecule has 0 saturated heterocycles. The van der Waals surface area contributed by atoms with E-state index in [1.165, 1.54) is 11.8 Å². The van der Waals surface area contributed by atoms with Crippen molar-refractivity contribution in [3.05, 3.63) is 66.0 Å². The number of aliphatic imine (C=N–C) groups is 1. The van der Waals surface area contributed by atoms with Crippen molar-refractivity contribution in [2.24, 2.45) is 4.99 Å². The Morgan fingerprint density at radius 2 is 1.87 bits per heavy atom. The Morgan fingerprint density at radius 3 is 2.61 bits per heavy atom. The van der Waals surface area contributed by atoms with Crippen LogP contribution in [-0.4, -0.2) is 26.7 Å². The highest BCUT2D eigenvalue weighted by atomic mass is 32.2. The van der Waals surface area contributed by atoms with Gasteiger partial charge in [-0.3, -0.25) is 4.79 Å². The van der Waals surface area contributed by atoms with Gasteiger partial charge in [-0.1, -0.05) is 54.2 Å². The summed E-state index contributed by atoms with van der Waals surface area (Å²) in [6.07, 6.45) is 2.02. The quantitative estimate of drug-likeness (QED) is 0.799. The molecule has 0 atom stereocenters. The molecule has 0 unspecified atom stereocenters. The van der Waals surface area contributed by atoms with Gasteiger partial charge in [0.1, 0.15) is 10.9 Å². The first-order valence-corrected chi connectivity index (χ1v) is 8.25. The first-order chi connectivity index (χ1) is 11.3. The summed E-state index contributed by atoms with van der Waals surface area (Å²) in [6, 6.07) is 17.9. The van der Waals surface area contributed by atoms with Crippen LogP contribution in [0.25, 0.3) is 22.7 Å². The Balaban J connectivity index is 1.86. The lowest BCUT2D eigenvalue weighted by Crippen LogP contribution is -1.97. The minimum atomic E-state index is -0.0972. The summed E-state index contributed by atoms with van der Waals surface area (Å²) in [7, 11) is 0. The number of H-pyrrole nitrogens is 1. The Kier molecular flexibility index (Phi) is 3.55.